The summed E-state index contributed by atoms with van der Waals surface area (Å²) in [6.45, 7) is 0. The van der Waals surface area contributed by atoms with Crippen molar-refractivity contribution in [1.82, 2.24) is 4.90 Å². The molecule has 2 aromatic rings. The van der Waals surface area contributed by atoms with Gasteiger partial charge in [0.05, 0.1) is 4.90 Å². The SMILES string of the molecule is CN(C)C(=O)c1ccc(C(=O)Nc2ccc(S(=O)(=O)Cl)cc2)cc1. The topological polar surface area (TPSA) is 83.6 Å². The second-order valence-electron chi connectivity index (χ2n) is 5.19. The highest BCUT2D eigenvalue weighted by Crippen LogP contribution is 2.18. The van der Waals surface area contributed by atoms with Crippen LogP contribution in [0.3, 0.4) is 0 Å². The molecule has 0 saturated carbocycles. The molecule has 2 amide bonds. The van der Waals surface area contributed by atoms with Crippen molar-refractivity contribution in [3.63, 3.8) is 0 Å². The van der Waals surface area contributed by atoms with E-state index in [1.54, 1.807) is 38.4 Å². The third-order valence-corrected chi connectivity index (χ3v) is 4.56. The highest BCUT2D eigenvalue weighted by molar-refractivity contribution is 8.13. The summed E-state index contributed by atoms with van der Waals surface area (Å²) in [7, 11) is 4.73. The maximum absolute atomic E-state index is 12.2. The van der Waals surface area contributed by atoms with Gasteiger partial charge >= 0.3 is 0 Å². The van der Waals surface area contributed by atoms with Crippen LogP contribution in [0.15, 0.2) is 53.4 Å². The van der Waals surface area contributed by atoms with Crippen LogP contribution in [0, 0.1) is 0 Å². The molecular formula is C16H15ClN2O4S. The number of carbonyl (C=O) groups is 2. The van der Waals surface area contributed by atoms with E-state index >= 15 is 0 Å². The zero-order chi connectivity index (χ0) is 17.9. The summed E-state index contributed by atoms with van der Waals surface area (Å²) in [6, 6.07) is 11.7. The van der Waals surface area contributed by atoms with Crippen LogP contribution in [-0.2, 0) is 9.05 Å². The quantitative estimate of drug-likeness (QED) is 0.843. The third kappa shape index (κ3) is 4.33. The minimum Gasteiger partial charge on any atom is -0.345 e. The van der Waals surface area contributed by atoms with E-state index in [1.165, 1.54) is 29.2 Å². The van der Waals surface area contributed by atoms with Crippen LogP contribution in [0.2, 0.25) is 0 Å². The normalized spacial score (nSPS) is 11.0. The molecule has 0 aromatic heterocycles. The van der Waals surface area contributed by atoms with Crippen LogP contribution in [0.25, 0.3) is 0 Å². The molecule has 0 aliphatic rings. The average molecular weight is 367 g/mol. The molecule has 0 bridgehead atoms. The first-order valence-corrected chi connectivity index (χ1v) is 9.17. The molecule has 1 N–H and O–H groups in total. The summed E-state index contributed by atoms with van der Waals surface area (Å²) < 4.78 is 22.3. The Morgan fingerprint density at radius 2 is 1.42 bits per heavy atom. The third-order valence-electron chi connectivity index (χ3n) is 3.19. The van der Waals surface area contributed by atoms with Crippen molar-refractivity contribution in [2.75, 3.05) is 19.4 Å². The van der Waals surface area contributed by atoms with Crippen molar-refractivity contribution in [2.24, 2.45) is 0 Å². The Morgan fingerprint density at radius 1 is 0.917 bits per heavy atom. The highest BCUT2D eigenvalue weighted by Gasteiger charge is 2.12. The number of amides is 2. The number of rotatable bonds is 4. The number of halogens is 1. The predicted octanol–water partition coefficient (Wildman–Crippen LogP) is 2.57. The Hall–Kier alpha value is -2.38. The van der Waals surface area contributed by atoms with Gasteiger partial charge in [0.15, 0.2) is 0 Å². The zero-order valence-electron chi connectivity index (χ0n) is 13.0. The van der Waals surface area contributed by atoms with Crippen molar-refractivity contribution in [1.29, 1.82) is 0 Å². The molecule has 0 aliphatic heterocycles. The summed E-state index contributed by atoms with van der Waals surface area (Å²) in [5.74, 6) is -0.528. The van der Waals surface area contributed by atoms with Gasteiger partial charge in [-0.3, -0.25) is 9.59 Å². The Kier molecular flexibility index (Phi) is 5.26. The summed E-state index contributed by atoms with van der Waals surface area (Å²) in [5, 5.41) is 2.64. The lowest BCUT2D eigenvalue weighted by Crippen LogP contribution is -2.21. The maximum Gasteiger partial charge on any atom is 0.261 e. The highest BCUT2D eigenvalue weighted by atomic mass is 35.7. The molecule has 126 valence electrons. The molecule has 0 atom stereocenters. The van der Waals surface area contributed by atoms with Gasteiger partial charge in [0, 0.05) is 41.6 Å². The Morgan fingerprint density at radius 3 is 1.88 bits per heavy atom. The molecule has 0 heterocycles. The predicted molar refractivity (Wildman–Crippen MR) is 91.9 cm³/mol. The number of nitrogens with one attached hydrogen (secondary N) is 1. The van der Waals surface area contributed by atoms with E-state index < -0.39 is 9.05 Å². The molecule has 2 rings (SSSR count). The van der Waals surface area contributed by atoms with Gasteiger partial charge in [-0.2, -0.15) is 0 Å². The van der Waals surface area contributed by atoms with Gasteiger partial charge in [-0.05, 0) is 48.5 Å². The van der Waals surface area contributed by atoms with Crippen LogP contribution >= 0.6 is 10.7 Å². The lowest BCUT2D eigenvalue weighted by molar-refractivity contribution is 0.0827. The Labute approximate surface area is 144 Å². The second-order valence-corrected chi connectivity index (χ2v) is 7.76. The van der Waals surface area contributed by atoms with Crippen molar-refractivity contribution < 1.29 is 18.0 Å². The first-order valence-electron chi connectivity index (χ1n) is 6.86. The molecule has 0 radical (unpaired) electrons. The Balaban J connectivity index is 2.11. The van der Waals surface area contributed by atoms with Gasteiger partial charge in [0.2, 0.25) is 0 Å². The molecule has 6 nitrogen and oxygen atoms in total. The lowest BCUT2D eigenvalue weighted by Gasteiger charge is -2.10. The lowest BCUT2D eigenvalue weighted by atomic mass is 10.1. The van der Waals surface area contributed by atoms with Crippen LogP contribution in [-0.4, -0.2) is 39.2 Å². The van der Waals surface area contributed by atoms with E-state index in [2.05, 4.69) is 5.32 Å². The van der Waals surface area contributed by atoms with Crippen molar-refractivity contribution in [3.8, 4) is 0 Å². The van der Waals surface area contributed by atoms with Gasteiger partial charge in [0.25, 0.3) is 20.9 Å². The van der Waals surface area contributed by atoms with Crippen molar-refractivity contribution in [2.45, 2.75) is 4.90 Å². The first-order chi connectivity index (χ1) is 11.2. The van der Waals surface area contributed by atoms with E-state index in [0.717, 1.165) is 0 Å². The van der Waals surface area contributed by atoms with Crippen LogP contribution in [0.4, 0.5) is 5.69 Å². The molecule has 0 aliphatic carbocycles. The molecule has 0 saturated heterocycles. The molecule has 24 heavy (non-hydrogen) atoms. The van der Waals surface area contributed by atoms with Gasteiger partial charge in [-0.25, -0.2) is 8.42 Å². The van der Waals surface area contributed by atoms with Gasteiger partial charge in [0.1, 0.15) is 0 Å². The van der Waals surface area contributed by atoms with E-state index in [9.17, 15) is 18.0 Å². The number of carbonyl (C=O) groups excluding carboxylic acids is 2. The molecule has 8 heteroatoms. The van der Waals surface area contributed by atoms with Crippen LogP contribution < -0.4 is 5.32 Å². The summed E-state index contributed by atoms with van der Waals surface area (Å²) in [6.07, 6.45) is 0. The van der Waals surface area contributed by atoms with Crippen molar-refractivity contribution in [3.05, 3.63) is 59.7 Å². The fourth-order valence-corrected chi connectivity index (χ4v) is 2.70. The van der Waals surface area contributed by atoms with E-state index in [1.807, 2.05) is 0 Å². The average Bonchev–Trinajstić information content (AvgIpc) is 2.54. The monoisotopic (exact) mass is 366 g/mol. The number of hydrogen-bond donors (Lipinski definition) is 1. The van der Waals surface area contributed by atoms with Gasteiger partial charge in [-0.15, -0.1) is 0 Å². The fraction of sp³-hybridized carbons (Fsp3) is 0.125. The van der Waals surface area contributed by atoms with Crippen LogP contribution in [0.1, 0.15) is 20.7 Å². The molecule has 0 unspecified atom stereocenters. The fourth-order valence-electron chi connectivity index (χ4n) is 1.93. The minimum atomic E-state index is -3.80. The molecular weight excluding hydrogens is 352 g/mol. The number of benzene rings is 2. The molecule has 2 aromatic carbocycles. The van der Waals surface area contributed by atoms with Crippen LogP contribution in [0.5, 0.6) is 0 Å². The van der Waals surface area contributed by atoms with E-state index in [4.69, 9.17) is 10.7 Å². The first kappa shape index (κ1) is 18.0. The minimum absolute atomic E-state index is 0.0475. The van der Waals surface area contributed by atoms with E-state index in [0.29, 0.717) is 16.8 Å². The van der Waals surface area contributed by atoms with E-state index in [-0.39, 0.29) is 16.7 Å². The summed E-state index contributed by atoms with van der Waals surface area (Å²) >= 11 is 0. The zero-order valence-corrected chi connectivity index (χ0v) is 14.6. The molecule has 0 fully saturated rings. The number of nitrogens with zero attached hydrogens (tertiary/aromatic N) is 1. The smallest absolute Gasteiger partial charge is 0.261 e. The summed E-state index contributed by atoms with van der Waals surface area (Å²) in [4.78, 5) is 25.4. The number of hydrogen-bond acceptors (Lipinski definition) is 4. The van der Waals surface area contributed by atoms with Gasteiger partial charge < -0.3 is 10.2 Å². The maximum atomic E-state index is 12.2. The largest absolute Gasteiger partial charge is 0.345 e. The summed E-state index contributed by atoms with van der Waals surface area (Å²) in [5.41, 5.74) is 1.28. The number of anilines is 1. The molecule has 0 spiro atoms. The van der Waals surface area contributed by atoms with Crippen molar-refractivity contribution >= 4 is 37.2 Å². The van der Waals surface area contributed by atoms with Gasteiger partial charge in [-0.1, -0.05) is 0 Å². The standard InChI is InChI=1S/C16H15ClN2O4S/c1-19(2)16(21)12-5-3-11(4-6-12)15(20)18-13-7-9-14(10-8-13)24(17,22)23/h3-10H,1-2H3,(H,18,20). The Bertz CT molecular complexity index is 860. The second kappa shape index (κ2) is 7.02.